The highest BCUT2D eigenvalue weighted by molar-refractivity contribution is 7.91. The Hall–Kier alpha value is -3.75. The first kappa shape index (κ1) is 33.1. The van der Waals surface area contributed by atoms with E-state index in [9.17, 15) is 40.3 Å². The van der Waals surface area contributed by atoms with Gasteiger partial charge in [0.1, 0.15) is 11.9 Å². The number of rotatable bonds is 12. The van der Waals surface area contributed by atoms with Gasteiger partial charge in [-0.3, -0.25) is 4.79 Å². The van der Waals surface area contributed by atoms with Crippen molar-refractivity contribution in [3.63, 3.8) is 0 Å². The molecular weight excluding hydrogens is 611 g/mol. The van der Waals surface area contributed by atoms with Gasteiger partial charge in [0.2, 0.25) is 0 Å². The summed E-state index contributed by atoms with van der Waals surface area (Å²) in [4.78, 5) is 14.8. The summed E-state index contributed by atoms with van der Waals surface area (Å²) in [6.07, 6.45) is -4.77. The second-order valence-corrected chi connectivity index (χ2v) is 12.4. The van der Waals surface area contributed by atoms with Gasteiger partial charge in [-0.25, -0.2) is 8.42 Å². The number of carbonyl (C=O) groups excluding carboxylic acids is 1. The van der Waals surface area contributed by atoms with Crippen molar-refractivity contribution in [2.45, 2.75) is 49.2 Å². The Morgan fingerprint density at radius 1 is 1.02 bits per heavy atom. The van der Waals surface area contributed by atoms with Gasteiger partial charge in [-0.1, -0.05) is 19.1 Å². The molecule has 238 valence electrons. The van der Waals surface area contributed by atoms with E-state index >= 15 is 0 Å². The third kappa shape index (κ3) is 8.24. The predicted molar refractivity (Wildman–Crippen MR) is 151 cm³/mol. The van der Waals surface area contributed by atoms with Crippen LogP contribution in [0.25, 0.3) is 0 Å². The Bertz CT molecular complexity index is 1500. The molecular formula is C30H31F5N2O6S. The number of halogens is 5. The van der Waals surface area contributed by atoms with Crippen LogP contribution >= 0.6 is 0 Å². The Balaban J connectivity index is 1.44. The summed E-state index contributed by atoms with van der Waals surface area (Å²) in [5, 5.41) is 12.6. The normalized spacial score (nSPS) is 18.0. The van der Waals surface area contributed by atoms with Gasteiger partial charge >= 0.3 is 12.8 Å². The summed E-state index contributed by atoms with van der Waals surface area (Å²) in [7, 11) is -3.41. The van der Waals surface area contributed by atoms with Crippen molar-refractivity contribution < 1.29 is 49.7 Å². The van der Waals surface area contributed by atoms with E-state index in [1.807, 2.05) is 0 Å². The number of sulfone groups is 1. The number of anilines is 1. The molecule has 0 radical (unpaired) electrons. The van der Waals surface area contributed by atoms with E-state index in [-0.39, 0.29) is 41.5 Å². The zero-order valence-corrected chi connectivity index (χ0v) is 24.3. The molecule has 3 aromatic carbocycles. The van der Waals surface area contributed by atoms with Gasteiger partial charge in [0, 0.05) is 17.7 Å². The number of hydrogen-bond donors (Lipinski definition) is 2. The topological polar surface area (TPSA) is 105 Å². The molecule has 14 heteroatoms. The van der Waals surface area contributed by atoms with E-state index in [0.29, 0.717) is 11.3 Å². The number of hydrogen-bond acceptors (Lipinski definition) is 7. The highest BCUT2D eigenvalue weighted by Gasteiger charge is 2.35. The fourth-order valence-electron chi connectivity index (χ4n) is 4.89. The largest absolute Gasteiger partial charge is 0.489 e. The second-order valence-electron chi connectivity index (χ2n) is 10.1. The molecule has 0 aliphatic carbocycles. The number of ether oxygens (including phenoxy) is 2. The molecule has 1 saturated heterocycles. The van der Waals surface area contributed by atoms with Crippen LogP contribution in [0.5, 0.6) is 5.75 Å². The lowest BCUT2D eigenvalue weighted by molar-refractivity contribution is -0.137. The Labute approximate surface area is 251 Å². The summed E-state index contributed by atoms with van der Waals surface area (Å²) in [5.74, 6) is -0.374. The van der Waals surface area contributed by atoms with Crippen LogP contribution in [-0.4, -0.2) is 63.7 Å². The van der Waals surface area contributed by atoms with Crippen molar-refractivity contribution in [1.82, 2.24) is 5.32 Å². The Morgan fingerprint density at radius 3 is 2.20 bits per heavy atom. The fourth-order valence-corrected chi connectivity index (χ4v) is 5.77. The third-order valence-corrected chi connectivity index (χ3v) is 9.00. The van der Waals surface area contributed by atoms with E-state index in [2.05, 4.69) is 10.1 Å². The zero-order chi connectivity index (χ0) is 32.1. The summed E-state index contributed by atoms with van der Waals surface area (Å²) < 4.78 is 98.8. The van der Waals surface area contributed by atoms with Gasteiger partial charge in [0.15, 0.2) is 9.84 Å². The highest BCUT2D eigenvalue weighted by atomic mass is 32.2. The van der Waals surface area contributed by atoms with E-state index in [0.717, 1.165) is 12.1 Å². The molecule has 0 saturated carbocycles. The number of aliphatic hydroxyl groups is 1. The molecule has 1 heterocycles. The summed E-state index contributed by atoms with van der Waals surface area (Å²) in [6, 6.07) is 15.0. The fraction of sp³-hybridized carbons (Fsp3) is 0.367. The van der Waals surface area contributed by atoms with Gasteiger partial charge < -0.3 is 24.8 Å². The molecule has 1 aliphatic rings. The Morgan fingerprint density at radius 2 is 1.66 bits per heavy atom. The number of aliphatic hydroxyl groups excluding tert-OH is 1. The smallest absolute Gasteiger partial charge is 0.416 e. The molecule has 1 fully saturated rings. The quantitative estimate of drug-likeness (QED) is 0.261. The van der Waals surface area contributed by atoms with Crippen LogP contribution in [0.1, 0.15) is 40.9 Å². The number of carbonyl (C=O) groups is 1. The first-order valence-corrected chi connectivity index (χ1v) is 15.3. The lowest BCUT2D eigenvalue weighted by Gasteiger charge is -2.26. The molecule has 3 aromatic rings. The molecule has 1 unspecified atom stereocenters. The maximum atomic E-state index is 12.9. The van der Waals surface area contributed by atoms with Crippen LogP contribution < -0.4 is 15.0 Å². The Kier molecular flexibility index (Phi) is 10.5. The summed E-state index contributed by atoms with van der Waals surface area (Å²) >= 11 is 0. The summed E-state index contributed by atoms with van der Waals surface area (Å²) in [5.41, 5.74) is 0.505. The standard InChI is InChI=1S/C30H31F5N2O6S/c1-2-44(40,41)26-13-5-19(6-14-26)27(17-38)36-28(39)20-3-9-22(10-4-20)37-16-25(15-23(37)18-42-29(31)32)43-24-11-7-21(8-12-24)30(33,34)35/h3-14,23,25,27,29,38H,2,15-18H2,1H3,(H,36,39)/t23-,25-,27?/m1/s1. The first-order chi connectivity index (χ1) is 20.8. The highest BCUT2D eigenvalue weighted by Crippen LogP contribution is 2.33. The van der Waals surface area contributed by atoms with E-state index < -0.39 is 58.9 Å². The minimum atomic E-state index is -4.49. The lowest BCUT2D eigenvalue weighted by Crippen LogP contribution is -2.34. The molecule has 1 aliphatic heterocycles. The number of nitrogens with zero attached hydrogens (tertiary/aromatic N) is 1. The van der Waals surface area contributed by atoms with Crippen molar-refractivity contribution in [3.8, 4) is 5.75 Å². The summed E-state index contributed by atoms with van der Waals surface area (Å²) in [6.45, 7) is -2.01. The van der Waals surface area contributed by atoms with Crippen molar-refractivity contribution in [2.75, 3.05) is 30.4 Å². The van der Waals surface area contributed by atoms with Crippen LogP contribution in [-0.2, 0) is 20.8 Å². The van der Waals surface area contributed by atoms with Crippen molar-refractivity contribution in [2.24, 2.45) is 0 Å². The third-order valence-electron chi connectivity index (χ3n) is 7.25. The number of benzene rings is 3. The molecule has 8 nitrogen and oxygen atoms in total. The maximum Gasteiger partial charge on any atom is 0.416 e. The molecule has 0 bridgehead atoms. The van der Waals surface area contributed by atoms with Gasteiger partial charge in [0.25, 0.3) is 5.91 Å². The van der Waals surface area contributed by atoms with Crippen LogP contribution in [0.15, 0.2) is 77.7 Å². The number of nitrogens with one attached hydrogen (secondary N) is 1. The van der Waals surface area contributed by atoms with Gasteiger partial charge in [-0.2, -0.15) is 22.0 Å². The van der Waals surface area contributed by atoms with Crippen LogP contribution in [0, 0.1) is 0 Å². The lowest BCUT2D eigenvalue weighted by atomic mass is 10.1. The number of alkyl halides is 5. The molecule has 44 heavy (non-hydrogen) atoms. The van der Waals surface area contributed by atoms with Gasteiger partial charge in [0.05, 0.1) is 48.1 Å². The number of amides is 1. The molecule has 0 spiro atoms. The second kappa shape index (κ2) is 13.9. The monoisotopic (exact) mass is 642 g/mol. The first-order valence-electron chi connectivity index (χ1n) is 13.7. The van der Waals surface area contributed by atoms with E-state index in [1.165, 1.54) is 55.5 Å². The molecule has 2 N–H and O–H groups in total. The van der Waals surface area contributed by atoms with Crippen molar-refractivity contribution in [3.05, 3.63) is 89.5 Å². The molecule has 1 amide bonds. The van der Waals surface area contributed by atoms with Crippen LogP contribution in [0.2, 0.25) is 0 Å². The predicted octanol–water partition coefficient (Wildman–Crippen LogP) is 5.23. The maximum absolute atomic E-state index is 12.9. The van der Waals surface area contributed by atoms with Crippen molar-refractivity contribution in [1.29, 1.82) is 0 Å². The minimum Gasteiger partial charge on any atom is -0.489 e. The van der Waals surface area contributed by atoms with Crippen LogP contribution in [0.4, 0.5) is 27.6 Å². The average molecular weight is 643 g/mol. The van der Waals surface area contributed by atoms with Crippen molar-refractivity contribution >= 4 is 21.4 Å². The molecule has 3 atom stereocenters. The average Bonchev–Trinajstić information content (AvgIpc) is 3.41. The molecule has 0 aromatic heterocycles. The van der Waals surface area contributed by atoms with E-state index in [1.54, 1.807) is 17.0 Å². The molecule has 4 rings (SSSR count). The van der Waals surface area contributed by atoms with E-state index in [4.69, 9.17) is 4.74 Å². The van der Waals surface area contributed by atoms with Gasteiger partial charge in [-0.05, 0) is 66.2 Å². The van der Waals surface area contributed by atoms with Crippen LogP contribution in [0.3, 0.4) is 0 Å². The minimum absolute atomic E-state index is 0.0627. The zero-order valence-electron chi connectivity index (χ0n) is 23.5. The van der Waals surface area contributed by atoms with Gasteiger partial charge in [-0.15, -0.1) is 0 Å². The SMILES string of the molecule is CCS(=O)(=O)c1ccc(C(CO)NC(=O)c2ccc(N3C[C@H](Oc4ccc(C(F)(F)F)cc4)C[C@@H]3COC(F)F)cc2)cc1.